The van der Waals surface area contributed by atoms with Crippen molar-refractivity contribution in [3.63, 3.8) is 0 Å². The molecule has 0 saturated heterocycles. The zero-order chi connectivity index (χ0) is 15.5. The molecule has 1 aromatic carbocycles. The van der Waals surface area contributed by atoms with Crippen molar-refractivity contribution in [1.29, 1.82) is 0 Å². The molecule has 0 fully saturated rings. The first kappa shape index (κ1) is 14.8. The number of alkyl halides is 3. The Balaban J connectivity index is 2.13. The number of nitrogen functional groups attached to an aromatic ring is 1. The second-order valence-electron chi connectivity index (χ2n) is 4.30. The number of rotatable bonds is 3. The van der Waals surface area contributed by atoms with Gasteiger partial charge in [0.1, 0.15) is 0 Å². The Morgan fingerprint density at radius 2 is 2.00 bits per heavy atom. The van der Waals surface area contributed by atoms with Gasteiger partial charge in [0.2, 0.25) is 0 Å². The molecule has 0 radical (unpaired) electrons. The Morgan fingerprint density at radius 3 is 2.62 bits per heavy atom. The third-order valence-electron chi connectivity index (χ3n) is 2.78. The fourth-order valence-corrected chi connectivity index (χ4v) is 1.72. The lowest BCUT2D eigenvalue weighted by Crippen LogP contribution is -2.24. The topological polar surface area (TPSA) is 68.0 Å². The van der Waals surface area contributed by atoms with Gasteiger partial charge in [-0.15, -0.1) is 0 Å². The quantitative estimate of drug-likeness (QED) is 0.855. The van der Waals surface area contributed by atoms with Crippen LogP contribution in [-0.4, -0.2) is 10.9 Å². The van der Waals surface area contributed by atoms with Gasteiger partial charge in [0.05, 0.1) is 17.8 Å². The molecule has 2 aromatic rings. The van der Waals surface area contributed by atoms with Crippen molar-refractivity contribution in [2.24, 2.45) is 0 Å². The average Bonchev–Trinajstić information content (AvgIpc) is 2.45. The first-order valence-corrected chi connectivity index (χ1v) is 6.03. The van der Waals surface area contributed by atoms with Gasteiger partial charge in [-0.25, -0.2) is 0 Å². The highest BCUT2D eigenvalue weighted by Gasteiger charge is 2.33. The number of hydrogen-bond donors (Lipinski definition) is 2. The second kappa shape index (κ2) is 5.82. The van der Waals surface area contributed by atoms with E-state index in [4.69, 9.17) is 5.73 Å². The van der Waals surface area contributed by atoms with Crippen LogP contribution in [0.5, 0.6) is 0 Å². The maximum Gasteiger partial charge on any atom is 0.418 e. The number of anilines is 1. The summed E-state index contributed by atoms with van der Waals surface area (Å²) in [5.74, 6) is -0.619. The molecule has 0 saturated carbocycles. The maximum absolute atomic E-state index is 12.7. The van der Waals surface area contributed by atoms with E-state index in [0.717, 1.165) is 12.1 Å². The highest BCUT2D eigenvalue weighted by molar-refractivity contribution is 5.94. The SMILES string of the molecule is Nc1ccc(C(=O)NCc2ccccn2)cc1C(F)(F)F. The van der Waals surface area contributed by atoms with Gasteiger partial charge in [0.25, 0.3) is 5.91 Å². The fourth-order valence-electron chi connectivity index (χ4n) is 1.72. The molecule has 0 aliphatic carbocycles. The highest BCUT2D eigenvalue weighted by atomic mass is 19.4. The van der Waals surface area contributed by atoms with Crippen molar-refractivity contribution in [3.8, 4) is 0 Å². The Kier molecular flexibility index (Phi) is 4.11. The molecular weight excluding hydrogens is 283 g/mol. The third-order valence-corrected chi connectivity index (χ3v) is 2.78. The van der Waals surface area contributed by atoms with Crippen molar-refractivity contribution in [1.82, 2.24) is 10.3 Å². The van der Waals surface area contributed by atoms with Gasteiger partial charge >= 0.3 is 6.18 Å². The van der Waals surface area contributed by atoms with Crippen LogP contribution in [0.15, 0.2) is 42.6 Å². The van der Waals surface area contributed by atoms with E-state index in [1.165, 1.54) is 6.07 Å². The molecule has 2 rings (SSSR count). The summed E-state index contributed by atoms with van der Waals surface area (Å²) >= 11 is 0. The number of carbonyl (C=O) groups excluding carboxylic acids is 1. The highest BCUT2D eigenvalue weighted by Crippen LogP contribution is 2.33. The number of carbonyl (C=O) groups is 1. The first-order valence-electron chi connectivity index (χ1n) is 6.03. The maximum atomic E-state index is 12.7. The van der Waals surface area contributed by atoms with Gasteiger partial charge in [0, 0.05) is 17.4 Å². The molecule has 7 heteroatoms. The molecular formula is C14H12F3N3O. The first-order chi connectivity index (χ1) is 9.88. The largest absolute Gasteiger partial charge is 0.418 e. The molecule has 1 heterocycles. The minimum absolute atomic E-state index is 0.104. The number of amides is 1. The number of benzene rings is 1. The third kappa shape index (κ3) is 3.71. The van der Waals surface area contributed by atoms with Gasteiger partial charge in [-0.1, -0.05) is 6.07 Å². The molecule has 1 amide bonds. The molecule has 1 aromatic heterocycles. The molecule has 0 bridgehead atoms. The predicted octanol–water partition coefficient (Wildman–Crippen LogP) is 2.61. The number of hydrogen-bond acceptors (Lipinski definition) is 3. The average molecular weight is 295 g/mol. The van der Waals surface area contributed by atoms with Crippen LogP contribution in [0.1, 0.15) is 21.6 Å². The Morgan fingerprint density at radius 1 is 1.24 bits per heavy atom. The van der Waals surface area contributed by atoms with Gasteiger partial charge in [0.15, 0.2) is 0 Å². The van der Waals surface area contributed by atoms with Crippen LogP contribution < -0.4 is 11.1 Å². The number of halogens is 3. The summed E-state index contributed by atoms with van der Waals surface area (Å²) in [6.07, 6.45) is -3.03. The number of nitrogens with zero attached hydrogens (tertiary/aromatic N) is 1. The molecule has 4 nitrogen and oxygen atoms in total. The molecule has 0 aliphatic rings. The molecule has 21 heavy (non-hydrogen) atoms. The molecule has 110 valence electrons. The van der Waals surface area contributed by atoms with Crippen molar-refractivity contribution in [2.75, 3.05) is 5.73 Å². The van der Waals surface area contributed by atoms with E-state index in [0.29, 0.717) is 5.69 Å². The lowest BCUT2D eigenvalue weighted by molar-refractivity contribution is -0.136. The number of aromatic nitrogens is 1. The smallest absolute Gasteiger partial charge is 0.398 e. The Labute approximate surface area is 118 Å². The summed E-state index contributed by atoms with van der Waals surface area (Å²) in [6.45, 7) is 0.130. The van der Waals surface area contributed by atoms with Gasteiger partial charge in [-0.3, -0.25) is 9.78 Å². The summed E-state index contributed by atoms with van der Waals surface area (Å²) in [4.78, 5) is 15.9. The fraction of sp³-hybridized carbons (Fsp3) is 0.143. The summed E-state index contributed by atoms with van der Waals surface area (Å²) in [6, 6.07) is 8.23. The Bertz CT molecular complexity index is 642. The standard InChI is InChI=1S/C14H12F3N3O/c15-14(16,17)11-7-9(4-5-12(11)18)13(21)20-8-10-3-1-2-6-19-10/h1-7H,8,18H2,(H,20,21). The monoisotopic (exact) mass is 295 g/mol. The normalized spacial score (nSPS) is 11.2. The van der Waals surface area contributed by atoms with Crippen LogP contribution in [0.25, 0.3) is 0 Å². The second-order valence-corrected chi connectivity index (χ2v) is 4.30. The number of nitrogens with one attached hydrogen (secondary N) is 1. The van der Waals surface area contributed by atoms with E-state index in [1.807, 2.05) is 0 Å². The van der Waals surface area contributed by atoms with Crippen molar-refractivity contribution in [3.05, 3.63) is 59.4 Å². The zero-order valence-electron chi connectivity index (χ0n) is 10.8. The lowest BCUT2D eigenvalue weighted by atomic mass is 10.1. The van der Waals surface area contributed by atoms with E-state index in [1.54, 1.807) is 24.4 Å². The summed E-state index contributed by atoms with van der Waals surface area (Å²) in [7, 11) is 0. The molecule has 0 atom stereocenters. The van der Waals surface area contributed by atoms with Crippen LogP contribution in [0.2, 0.25) is 0 Å². The predicted molar refractivity (Wildman–Crippen MR) is 71.3 cm³/mol. The molecule has 3 N–H and O–H groups in total. The minimum Gasteiger partial charge on any atom is -0.398 e. The van der Waals surface area contributed by atoms with Crippen LogP contribution in [0, 0.1) is 0 Å². The van der Waals surface area contributed by atoms with Crippen LogP contribution in [0.3, 0.4) is 0 Å². The summed E-state index contributed by atoms with van der Waals surface area (Å²) in [5, 5.41) is 2.50. The van der Waals surface area contributed by atoms with Crippen molar-refractivity contribution >= 4 is 11.6 Å². The molecule has 0 spiro atoms. The van der Waals surface area contributed by atoms with Crippen molar-refractivity contribution in [2.45, 2.75) is 12.7 Å². The van der Waals surface area contributed by atoms with Gasteiger partial charge in [-0.2, -0.15) is 13.2 Å². The van der Waals surface area contributed by atoms with E-state index in [9.17, 15) is 18.0 Å². The van der Waals surface area contributed by atoms with Gasteiger partial charge in [-0.05, 0) is 30.3 Å². The van der Waals surface area contributed by atoms with E-state index < -0.39 is 23.3 Å². The minimum atomic E-state index is -4.60. The summed E-state index contributed by atoms with van der Waals surface area (Å²) in [5.41, 5.74) is 4.35. The number of nitrogens with two attached hydrogens (primary N) is 1. The molecule has 0 unspecified atom stereocenters. The van der Waals surface area contributed by atoms with Crippen LogP contribution >= 0.6 is 0 Å². The van der Waals surface area contributed by atoms with Crippen molar-refractivity contribution < 1.29 is 18.0 Å². The van der Waals surface area contributed by atoms with Crippen LogP contribution in [0.4, 0.5) is 18.9 Å². The Hall–Kier alpha value is -2.57. The van der Waals surface area contributed by atoms with E-state index in [-0.39, 0.29) is 12.1 Å². The van der Waals surface area contributed by atoms with E-state index in [2.05, 4.69) is 10.3 Å². The van der Waals surface area contributed by atoms with E-state index >= 15 is 0 Å². The van der Waals surface area contributed by atoms with Crippen LogP contribution in [-0.2, 0) is 12.7 Å². The van der Waals surface area contributed by atoms with Gasteiger partial charge < -0.3 is 11.1 Å². The molecule has 0 aliphatic heterocycles. The zero-order valence-corrected chi connectivity index (χ0v) is 10.8. The number of pyridine rings is 1. The lowest BCUT2D eigenvalue weighted by Gasteiger charge is -2.11. The summed E-state index contributed by atoms with van der Waals surface area (Å²) < 4.78 is 38.2.